The zero-order valence-electron chi connectivity index (χ0n) is 12.5. The van der Waals surface area contributed by atoms with Gasteiger partial charge in [0, 0.05) is 12.1 Å². The summed E-state index contributed by atoms with van der Waals surface area (Å²) in [7, 11) is 1.92. The molecular formula is C15H29N3. The van der Waals surface area contributed by atoms with Gasteiger partial charge in [0.2, 0.25) is 0 Å². The molecule has 3 nitrogen and oxygen atoms in total. The smallest absolute Gasteiger partial charge is 0.108 e. The van der Waals surface area contributed by atoms with Gasteiger partial charge in [0.25, 0.3) is 0 Å². The SMILES string of the molecule is CCCCN(C(C)CC)C1CCC(C#N)(NC)C1. The molecule has 104 valence electrons. The molecule has 0 radical (unpaired) electrons. The lowest BCUT2D eigenvalue weighted by molar-refractivity contribution is 0.135. The number of hydrogen-bond donors (Lipinski definition) is 1. The van der Waals surface area contributed by atoms with Crippen molar-refractivity contribution in [1.29, 1.82) is 5.26 Å². The van der Waals surface area contributed by atoms with E-state index in [9.17, 15) is 5.26 Å². The highest BCUT2D eigenvalue weighted by Gasteiger charge is 2.41. The quantitative estimate of drug-likeness (QED) is 0.756. The van der Waals surface area contributed by atoms with Gasteiger partial charge >= 0.3 is 0 Å². The number of nitrogens with one attached hydrogen (secondary N) is 1. The number of nitrogens with zero attached hydrogens (tertiary/aromatic N) is 2. The number of rotatable bonds is 7. The molecule has 0 spiro atoms. The van der Waals surface area contributed by atoms with E-state index in [1.165, 1.54) is 25.8 Å². The van der Waals surface area contributed by atoms with Gasteiger partial charge in [-0.2, -0.15) is 5.26 Å². The Balaban J connectivity index is 2.68. The molecule has 0 heterocycles. The summed E-state index contributed by atoms with van der Waals surface area (Å²) in [5.41, 5.74) is -0.275. The van der Waals surface area contributed by atoms with Crippen LogP contribution < -0.4 is 5.32 Å². The molecule has 3 atom stereocenters. The van der Waals surface area contributed by atoms with Crippen LogP contribution in [0, 0.1) is 11.3 Å². The molecule has 1 N–H and O–H groups in total. The van der Waals surface area contributed by atoms with Crippen molar-refractivity contribution in [1.82, 2.24) is 10.2 Å². The average Bonchev–Trinajstić information content (AvgIpc) is 2.84. The summed E-state index contributed by atoms with van der Waals surface area (Å²) < 4.78 is 0. The van der Waals surface area contributed by atoms with Gasteiger partial charge in [0.1, 0.15) is 5.54 Å². The van der Waals surface area contributed by atoms with Crippen molar-refractivity contribution < 1.29 is 0 Å². The highest BCUT2D eigenvalue weighted by Crippen LogP contribution is 2.33. The van der Waals surface area contributed by atoms with Crippen LogP contribution in [0.25, 0.3) is 0 Å². The molecule has 0 saturated heterocycles. The van der Waals surface area contributed by atoms with Crippen LogP contribution in [0.2, 0.25) is 0 Å². The molecule has 0 aromatic carbocycles. The van der Waals surface area contributed by atoms with Crippen LogP contribution in [0.3, 0.4) is 0 Å². The van der Waals surface area contributed by atoms with Crippen molar-refractivity contribution in [3.8, 4) is 6.07 Å². The molecule has 0 aliphatic heterocycles. The molecule has 0 amide bonds. The molecule has 0 bridgehead atoms. The second-order valence-electron chi connectivity index (χ2n) is 5.69. The standard InChI is InChI=1S/C15H29N3/c1-5-7-10-18(13(3)6-2)14-8-9-15(11-14,12-16)17-4/h13-14,17H,5-11H2,1-4H3. The topological polar surface area (TPSA) is 39.1 Å². The Labute approximate surface area is 113 Å². The molecule has 3 heteroatoms. The minimum absolute atomic E-state index is 0.275. The maximum Gasteiger partial charge on any atom is 0.108 e. The second kappa shape index (κ2) is 7.11. The van der Waals surface area contributed by atoms with Gasteiger partial charge in [-0.1, -0.05) is 20.3 Å². The zero-order valence-corrected chi connectivity index (χ0v) is 12.5. The number of unbranched alkanes of at least 4 members (excludes halogenated alkanes) is 1. The average molecular weight is 251 g/mol. The van der Waals surface area contributed by atoms with Crippen LogP contribution >= 0.6 is 0 Å². The van der Waals surface area contributed by atoms with Crippen molar-refractivity contribution in [2.45, 2.75) is 76.9 Å². The minimum Gasteiger partial charge on any atom is -0.302 e. The molecule has 1 fully saturated rings. The lowest BCUT2D eigenvalue weighted by atomic mass is 9.99. The maximum absolute atomic E-state index is 9.36. The van der Waals surface area contributed by atoms with E-state index in [0.29, 0.717) is 12.1 Å². The summed E-state index contributed by atoms with van der Waals surface area (Å²) in [5, 5.41) is 12.6. The molecule has 0 aromatic rings. The molecule has 1 aliphatic carbocycles. The third-order valence-corrected chi connectivity index (χ3v) is 4.58. The molecule has 18 heavy (non-hydrogen) atoms. The first-order valence-electron chi connectivity index (χ1n) is 7.48. The Morgan fingerprint density at radius 2 is 2.22 bits per heavy atom. The van der Waals surface area contributed by atoms with E-state index < -0.39 is 0 Å². The summed E-state index contributed by atoms with van der Waals surface area (Å²) in [6.45, 7) is 8.01. The van der Waals surface area contributed by atoms with E-state index in [1.807, 2.05) is 7.05 Å². The summed E-state index contributed by atoms with van der Waals surface area (Å²) in [5.74, 6) is 0. The maximum atomic E-state index is 9.36. The van der Waals surface area contributed by atoms with Crippen LogP contribution in [0.15, 0.2) is 0 Å². The normalized spacial score (nSPS) is 29.4. The molecular weight excluding hydrogens is 222 g/mol. The van der Waals surface area contributed by atoms with Gasteiger partial charge in [-0.25, -0.2) is 0 Å². The first-order valence-corrected chi connectivity index (χ1v) is 7.48. The van der Waals surface area contributed by atoms with Gasteiger partial charge in [0.15, 0.2) is 0 Å². The van der Waals surface area contributed by atoms with Gasteiger partial charge in [-0.15, -0.1) is 0 Å². The summed E-state index contributed by atoms with van der Waals surface area (Å²) in [6.07, 6.45) is 6.83. The van der Waals surface area contributed by atoms with Gasteiger partial charge in [-0.05, 0) is 52.6 Å². The highest BCUT2D eigenvalue weighted by molar-refractivity contribution is 5.13. The molecule has 0 aromatic heterocycles. The van der Waals surface area contributed by atoms with Crippen LogP contribution in [-0.2, 0) is 0 Å². The number of hydrogen-bond acceptors (Lipinski definition) is 3. The summed E-state index contributed by atoms with van der Waals surface area (Å²) in [4.78, 5) is 2.64. The van der Waals surface area contributed by atoms with Crippen LogP contribution in [0.4, 0.5) is 0 Å². The van der Waals surface area contributed by atoms with Crippen molar-refractivity contribution in [3.05, 3.63) is 0 Å². The molecule has 1 aliphatic rings. The Kier molecular flexibility index (Phi) is 6.11. The lowest BCUT2D eigenvalue weighted by Crippen LogP contribution is -2.45. The number of nitriles is 1. The van der Waals surface area contributed by atoms with Crippen molar-refractivity contribution in [2.24, 2.45) is 0 Å². The van der Waals surface area contributed by atoms with E-state index >= 15 is 0 Å². The van der Waals surface area contributed by atoms with Crippen molar-refractivity contribution in [3.63, 3.8) is 0 Å². The fourth-order valence-corrected chi connectivity index (χ4v) is 3.03. The van der Waals surface area contributed by atoms with Gasteiger partial charge < -0.3 is 5.32 Å². The summed E-state index contributed by atoms with van der Waals surface area (Å²) >= 11 is 0. The van der Waals surface area contributed by atoms with E-state index in [4.69, 9.17) is 0 Å². The Morgan fingerprint density at radius 3 is 2.67 bits per heavy atom. The first kappa shape index (κ1) is 15.5. The highest BCUT2D eigenvalue weighted by atomic mass is 15.2. The largest absolute Gasteiger partial charge is 0.302 e. The van der Waals surface area contributed by atoms with Crippen LogP contribution in [0.1, 0.15) is 59.3 Å². The third-order valence-electron chi connectivity index (χ3n) is 4.58. The van der Waals surface area contributed by atoms with E-state index in [-0.39, 0.29) is 5.54 Å². The summed E-state index contributed by atoms with van der Waals surface area (Å²) in [6, 6.07) is 3.70. The Hall–Kier alpha value is -0.590. The second-order valence-corrected chi connectivity index (χ2v) is 5.69. The predicted octanol–water partition coefficient (Wildman–Crippen LogP) is 2.92. The molecule has 1 rings (SSSR count). The first-order chi connectivity index (χ1) is 8.62. The lowest BCUT2D eigenvalue weighted by Gasteiger charge is -2.35. The molecule has 1 saturated carbocycles. The van der Waals surface area contributed by atoms with Gasteiger partial charge in [0.05, 0.1) is 6.07 Å². The third kappa shape index (κ3) is 3.46. The monoisotopic (exact) mass is 251 g/mol. The van der Waals surface area contributed by atoms with Crippen LogP contribution in [-0.4, -0.2) is 36.1 Å². The fourth-order valence-electron chi connectivity index (χ4n) is 3.03. The Morgan fingerprint density at radius 1 is 1.50 bits per heavy atom. The van der Waals surface area contributed by atoms with E-state index in [1.54, 1.807) is 0 Å². The van der Waals surface area contributed by atoms with Gasteiger partial charge in [-0.3, -0.25) is 4.90 Å². The Bertz CT molecular complexity index is 284. The minimum atomic E-state index is -0.275. The van der Waals surface area contributed by atoms with Crippen molar-refractivity contribution >= 4 is 0 Å². The van der Waals surface area contributed by atoms with Crippen molar-refractivity contribution in [2.75, 3.05) is 13.6 Å². The zero-order chi connectivity index (χ0) is 13.6. The van der Waals surface area contributed by atoms with E-state index in [2.05, 4.69) is 37.1 Å². The van der Waals surface area contributed by atoms with Crippen LogP contribution in [0.5, 0.6) is 0 Å². The fraction of sp³-hybridized carbons (Fsp3) is 0.933. The van der Waals surface area contributed by atoms with E-state index in [0.717, 1.165) is 19.3 Å². The predicted molar refractivity (Wildman–Crippen MR) is 76.4 cm³/mol. The molecule has 3 unspecified atom stereocenters.